The van der Waals surface area contributed by atoms with Crippen LogP contribution in [0.1, 0.15) is 17.7 Å². The normalized spacial score (nSPS) is 15.2. The van der Waals surface area contributed by atoms with Crippen molar-refractivity contribution in [3.8, 4) is 0 Å². The van der Waals surface area contributed by atoms with Gasteiger partial charge in [0.05, 0.1) is 0 Å². The van der Waals surface area contributed by atoms with E-state index in [1.54, 1.807) is 6.07 Å². The Morgan fingerprint density at radius 3 is 3.10 bits per heavy atom. The first-order valence-corrected chi connectivity index (χ1v) is 3.57. The summed E-state index contributed by atoms with van der Waals surface area (Å²) in [5.74, 6) is 0. The maximum atomic E-state index is 10.8. The second-order valence-corrected chi connectivity index (χ2v) is 2.68. The Morgan fingerprint density at radius 2 is 2.20 bits per heavy atom. The molecule has 1 aliphatic carbocycles. The molecule has 0 saturated heterocycles. The van der Waals surface area contributed by atoms with E-state index in [1.165, 1.54) is 12.0 Å². The van der Waals surface area contributed by atoms with Crippen LogP contribution in [0.15, 0.2) is 16.9 Å². The Balaban J connectivity index is 2.63. The summed E-state index contributed by atoms with van der Waals surface area (Å²) in [6.45, 7) is 0. The number of aromatic nitrogens is 1. The number of aromatic amines is 1. The summed E-state index contributed by atoms with van der Waals surface area (Å²) in [5, 5.41) is 0. The average Bonchev–Trinajstić information content (AvgIpc) is 2.33. The number of rotatable bonds is 0. The molecule has 0 unspecified atom stereocenters. The first-order valence-electron chi connectivity index (χ1n) is 3.57. The van der Waals surface area contributed by atoms with E-state index in [0.29, 0.717) is 0 Å². The molecule has 1 aromatic heterocycles. The van der Waals surface area contributed by atoms with Crippen LogP contribution >= 0.6 is 0 Å². The van der Waals surface area contributed by atoms with Crippen molar-refractivity contribution in [2.45, 2.75) is 19.3 Å². The first-order chi connectivity index (χ1) is 4.86. The van der Waals surface area contributed by atoms with Gasteiger partial charge in [0.1, 0.15) is 0 Å². The van der Waals surface area contributed by atoms with Crippen molar-refractivity contribution < 1.29 is 0 Å². The molecule has 2 heteroatoms. The van der Waals surface area contributed by atoms with Gasteiger partial charge in [-0.1, -0.05) is 6.07 Å². The zero-order chi connectivity index (χ0) is 6.97. The van der Waals surface area contributed by atoms with Crippen molar-refractivity contribution in [1.29, 1.82) is 0 Å². The average molecular weight is 135 g/mol. The van der Waals surface area contributed by atoms with Crippen molar-refractivity contribution in [1.82, 2.24) is 4.98 Å². The van der Waals surface area contributed by atoms with Crippen LogP contribution in [0.25, 0.3) is 0 Å². The Labute approximate surface area is 58.9 Å². The van der Waals surface area contributed by atoms with Crippen LogP contribution in [-0.2, 0) is 12.8 Å². The first kappa shape index (κ1) is 5.71. The molecule has 10 heavy (non-hydrogen) atoms. The second-order valence-electron chi connectivity index (χ2n) is 2.68. The fourth-order valence-corrected chi connectivity index (χ4v) is 1.46. The van der Waals surface area contributed by atoms with Gasteiger partial charge >= 0.3 is 0 Å². The van der Waals surface area contributed by atoms with Crippen LogP contribution in [-0.4, -0.2) is 4.98 Å². The molecule has 0 spiro atoms. The van der Waals surface area contributed by atoms with Crippen LogP contribution in [0, 0.1) is 0 Å². The maximum Gasteiger partial charge on any atom is 0.248 e. The van der Waals surface area contributed by atoms with Gasteiger partial charge in [0, 0.05) is 11.8 Å². The van der Waals surface area contributed by atoms with Gasteiger partial charge in [0.25, 0.3) is 0 Å². The fourth-order valence-electron chi connectivity index (χ4n) is 1.46. The third-order valence-corrected chi connectivity index (χ3v) is 1.97. The SMILES string of the molecule is O=c1ccc2c([nH]1)CCC2. The smallest absolute Gasteiger partial charge is 0.248 e. The lowest BCUT2D eigenvalue weighted by molar-refractivity contribution is 0.897. The standard InChI is InChI=1S/C8H9NO/c10-8-5-4-6-2-1-3-7(6)9-8/h4-5H,1-3H2,(H,9,10). The maximum absolute atomic E-state index is 10.8. The minimum Gasteiger partial charge on any atom is -0.326 e. The summed E-state index contributed by atoms with van der Waals surface area (Å²) in [6, 6.07) is 3.53. The van der Waals surface area contributed by atoms with Crippen molar-refractivity contribution >= 4 is 0 Å². The van der Waals surface area contributed by atoms with Gasteiger partial charge < -0.3 is 4.98 Å². The summed E-state index contributed by atoms with van der Waals surface area (Å²) in [4.78, 5) is 13.6. The van der Waals surface area contributed by atoms with E-state index in [4.69, 9.17) is 0 Å². The molecule has 2 nitrogen and oxygen atoms in total. The number of fused-ring (bicyclic) bond motifs is 1. The topological polar surface area (TPSA) is 32.9 Å². The zero-order valence-corrected chi connectivity index (χ0v) is 5.68. The van der Waals surface area contributed by atoms with E-state index in [9.17, 15) is 4.79 Å². The van der Waals surface area contributed by atoms with Gasteiger partial charge in [-0.2, -0.15) is 0 Å². The summed E-state index contributed by atoms with van der Waals surface area (Å²) in [5.41, 5.74) is 2.49. The van der Waals surface area contributed by atoms with Crippen molar-refractivity contribution in [2.75, 3.05) is 0 Å². The highest BCUT2D eigenvalue weighted by Crippen LogP contribution is 2.16. The molecule has 0 amide bonds. The second kappa shape index (κ2) is 1.97. The lowest BCUT2D eigenvalue weighted by Gasteiger charge is -1.93. The third kappa shape index (κ3) is 0.764. The van der Waals surface area contributed by atoms with Crippen LogP contribution in [0.2, 0.25) is 0 Å². The summed E-state index contributed by atoms with van der Waals surface area (Å²) in [6.07, 6.45) is 3.37. The Morgan fingerprint density at radius 1 is 1.30 bits per heavy atom. The van der Waals surface area contributed by atoms with Crippen LogP contribution in [0.4, 0.5) is 0 Å². The predicted molar refractivity (Wildman–Crippen MR) is 39.1 cm³/mol. The molecule has 1 N–H and O–H groups in total. The van der Waals surface area contributed by atoms with E-state index >= 15 is 0 Å². The Hall–Kier alpha value is -1.05. The molecule has 2 rings (SSSR count). The molecule has 0 aliphatic heterocycles. The third-order valence-electron chi connectivity index (χ3n) is 1.97. The number of hydrogen-bond acceptors (Lipinski definition) is 1. The lowest BCUT2D eigenvalue weighted by atomic mass is 10.2. The van der Waals surface area contributed by atoms with Gasteiger partial charge in [-0.15, -0.1) is 0 Å². The molecular formula is C8H9NO. The predicted octanol–water partition coefficient (Wildman–Crippen LogP) is 0.864. The lowest BCUT2D eigenvalue weighted by Crippen LogP contribution is -2.05. The van der Waals surface area contributed by atoms with Crippen LogP contribution in [0.5, 0.6) is 0 Å². The summed E-state index contributed by atoms with van der Waals surface area (Å²) < 4.78 is 0. The van der Waals surface area contributed by atoms with E-state index < -0.39 is 0 Å². The van der Waals surface area contributed by atoms with Gasteiger partial charge in [-0.25, -0.2) is 0 Å². The number of hydrogen-bond donors (Lipinski definition) is 1. The van der Waals surface area contributed by atoms with Gasteiger partial charge in [-0.3, -0.25) is 4.79 Å². The van der Waals surface area contributed by atoms with Gasteiger partial charge in [0.15, 0.2) is 0 Å². The van der Waals surface area contributed by atoms with Crippen molar-refractivity contribution in [2.24, 2.45) is 0 Å². The Kier molecular flexibility index (Phi) is 1.13. The quantitative estimate of drug-likeness (QED) is 0.562. The van der Waals surface area contributed by atoms with Crippen molar-refractivity contribution in [3.63, 3.8) is 0 Å². The molecule has 0 aromatic carbocycles. The summed E-state index contributed by atoms with van der Waals surface area (Å²) in [7, 11) is 0. The molecule has 0 atom stereocenters. The largest absolute Gasteiger partial charge is 0.326 e. The van der Waals surface area contributed by atoms with E-state index in [2.05, 4.69) is 4.98 Å². The van der Waals surface area contributed by atoms with Crippen molar-refractivity contribution in [3.05, 3.63) is 33.7 Å². The summed E-state index contributed by atoms with van der Waals surface area (Å²) >= 11 is 0. The van der Waals surface area contributed by atoms with Gasteiger partial charge in [-0.05, 0) is 24.8 Å². The van der Waals surface area contributed by atoms with Crippen LogP contribution < -0.4 is 5.56 Å². The molecule has 0 bridgehead atoms. The Bertz CT molecular complexity index is 300. The molecule has 0 saturated carbocycles. The highest BCUT2D eigenvalue weighted by Gasteiger charge is 2.09. The van der Waals surface area contributed by atoms with Gasteiger partial charge in [0.2, 0.25) is 5.56 Å². The minimum absolute atomic E-state index is 0.0284. The molecule has 1 aliphatic rings. The number of pyridine rings is 1. The number of aryl methyl sites for hydroxylation is 2. The molecular weight excluding hydrogens is 126 g/mol. The molecule has 1 heterocycles. The highest BCUT2D eigenvalue weighted by molar-refractivity contribution is 5.23. The minimum atomic E-state index is 0.0284. The van der Waals surface area contributed by atoms with E-state index in [0.717, 1.165) is 18.5 Å². The molecule has 0 fully saturated rings. The number of nitrogens with one attached hydrogen (secondary N) is 1. The number of H-pyrrole nitrogens is 1. The van der Waals surface area contributed by atoms with E-state index in [1.807, 2.05) is 6.07 Å². The molecule has 1 aromatic rings. The van der Waals surface area contributed by atoms with E-state index in [-0.39, 0.29) is 5.56 Å². The monoisotopic (exact) mass is 135 g/mol. The molecule has 52 valence electrons. The van der Waals surface area contributed by atoms with Crippen LogP contribution in [0.3, 0.4) is 0 Å². The molecule has 0 radical (unpaired) electrons. The zero-order valence-electron chi connectivity index (χ0n) is 5.68. The highest BCUT2D eigenvalue weighted by atomic mass is 16.1. The fraction of sp³-hybridized carbons (Fsp3) is 0.375.